The van der Waals surface area contributed by atoms with Gasteiger partial charge in [-0.1, -0.05) is 6.07 Å². The molecule has 0 aromatic heterocycles. The summed E-state index contributed by atoms with van der Waals surface area (Å²) in [5.41, 5.74) is 12.5. The fraction of sp³-hybridized carbons (Fsp3) is 0.462. The Morgan fingerprint density at radius 2 is 2.28 bits per heavy atom. The van der Waals surface area contributed by atoms with E-state index in [0.29, 0.717) is 11.3 Å². The summed E-state index contributed by atoms with van der Waals surface area (Å²) in [4.78, 5) is 11.2. The molecule has 98 valence electrons. The number of carbonyl (C=O) groups excluding carboxylic acids is 1. The molecule has 2 atom stereocenters. The number of hydrogen-bond acceptors (Lipinski definition) is 4. The van der Waals surface area contributed by atoms with E-state index >= 15 is 0 Å². The predicted molar refractivity (Wildman–Crippen MR) is 71.4 cm³/mol. The first-order chi connectivity index (χ1) is 8.44. The number of carbonyl (C=O) groups is 1. The summed E-state index contributed by atoms with van der Waals surface area (Å²) in [6.07, 6.45) is 0.989. The Bertz CT molecular complexity index is 475. The first-order valence-corrected chi connectivity index (χ1v) is 6.02. The van der Waals surface area contributed by atoms with Crippen LogP contribution in [0.15, 0.2) is 18.2 Å². The average molecular weight is 249 g/mol. The van der Waals surface area contributed by atoms with Crippen LogP contribution in [0.2, 0.25) is 0 Å². The summed E-state index contributed by atoms with van der Waals surface area (Å²) in [6, 6.07) is 5.24. The standard InChI is InChI=1S/C13H19N3O2/c1-8-13(2,6-7-18-8)16-10-5-3-4-9(11(10)14)12(15)17/h3-5,8,16H,6-7,14H2,1-2H3,(H2,15,17). The van der Waals surface area contributed by atoms with Gasteiger partial charge in [0.25, 0.3) is 5.91 Å². The Morgan fingerprint density at radius 1 is 1.56 bits per heavy atom. The molecule has 1 saturated heterocycles. The number of anilines is 2. The third kappa shape index (κ3) is 2.13. The summed E-state index contributed by atoms with van der Waals surface area (Å²) >= 11 is 0. The predicted octanol–water partition coefficient (Wildman–Crippen LogP) is 1.35. The molecule has 0 radical (unpaired) electrons. The lowest BCUT2D eigenvalue weighted by Gasteiger charge is -2.31. The van der Waals surface area contributed by atoms with Crippen molar-refractivity contribution in [3.8, 4) is 0 Å². The normalized spacial score (nSPS) is 27.1. The molecule has 18 heavy (non-hydrogen) atoms. The minimum absolute atomic E-state index is 0.0918. The zero-order valence-electron chi connectivity index (χ0n) is 10.7. The van der Waals surface area contributed by atoms with Crippen molar-refractivity contribution in [3.05, 3.63) is 23.8 Å². The van der Waals surface area contributed by atoms with Crippen molar-refractivity contribution in [2.24, 2.45) is 5.73 Å². The summed E-state index contributed by atoms with van der Waals surface area (Å²) < 4.78 is 5.56. The van der Waals surface area contributed by atoms with Gasteiger partial charge in [0.05, 0.1) is 28.6 Å². The molecule has 0 saturated carbocycles. The lowest BCUT2D eigenvalue weighted by atomic mass is 9.94. The largest absolute Gasteiger partial charge is 0.396 e. The van der Waals surface area contributed by atoms with Crippen molar-refractivity contribution >= 4 is 17.3 Å². The van der Waals surface area contributed by atoms with Crippen LogP contribution in [0, 0.1) is 0 Å². The van der Waals surface area contributed by atoms with Gasteiger partial charge < -0.3 is 21.5 Å². The highest BCUT2D eigenvalue weighted by atomic mass is 16.5. The fourth-order valence-corrected chi connectivity index (χ4v) is 2.20. The molecule has 1 aliphatic heterocycles. The maximum atomic E-state index is 11.2. The van der Waals surface area contributed by atoms with Crippen LogP contribution in [-0.2, 0) is 4.74 Å². The van der Waals surface area contributed by atoms with Gasteiger partial charge in [-0.15, -0.1) is 0 Å². The summed E-state index contributed by atoms with van der Waals surface area (Å²) in [7, 11) is 0. The van der Waals surface area contributed by atoms with E-state index in [1.54, 1.807) is 12.1 Å². The van der Waals surface area contributed by atoms with Crippen LogP contribution in [0.3, 0.4) is 0 Å². The van der Waals surface area contributed by atoms with Crippen molar-refractivity contribution < 1.29 is 9.53 Å². The number of nitrogens with two attached hydrogens (primary N) is 2. The highest BCUT2D eigenvalue weighted by Gasteiger charge is 2.37. The molecule has 5 N–H and O–H groups in total. The molecule has 2 unspecified atom stereocenters. The molecule has 0 bridgehead atoms. The molecule has 1 amide bonds. The molecule has 1 aliphatic rings. The minimum atomic E-state index is -0.517. The molecule has 1 fully saturated rings. The van der Waals surface area contributed by atoms with Gasteiger partial charge in [0.2, 0.25) is 0 Å². The van der Waals surface area contributed by atoms with Crippen molar-refractivity contribution in [1.82, 2.24) is 0 Å². The lowest BCUT2D eigenvalue weighted by Crippen LogP contribution is -2.41. The van der Waals surface area contributed by atoms with Crippen LogP contribution < -0.4 is 16.8 Å². The SMILES string of the molecule is CC1OCCC1(C)Nc1cccc(C(N)=O)c1N. The fourth-order valence-electron chi connectivity index (χ4n) is 2.20. The molecular weight excluding hydrogens is 230 g/mol. The smallest absolute Gasteiger partial charge is 0.250 e. The van der Waals surface area contributed by atoms with E-state index in [0.717, 1.165) is 18.7 Å². The molecule has 0 spiro atoms. The molecule has 1 aromatic carbocycles. The Balaban J connectivity index is 2.30. The van der Waals surface area contributed by atoms with Crippen LogP contribution in [0.4, 0.5) is 11.4 Å². The molecule has 2 rings (SSSR count). The van der Waals surface area contributed by atoms with Gasteiger partial charge in [-0.05, 0) is 32.4 Å². The number of nitrogen functional groups attached to an aromatic ring is 1. The first kappa shape index (κ1) is 12.7. The second-order valence-corrected chi connectivity index (χ2v) is 4.94. The summed E-state index contributed by atoms with van der Waals surface area (Å²) in [6.45, 7) is 4.83. The van der Waals surface area contributed by atoms with Crippen LogP contribution in [0.1, 0.15) is 30.6 Å². The highest BCUT2D eigenvalue weighted by Crippen LogP contribution is 2.32. The topological polar surface area (TPSA) is 90.4 Å². The van der Waals surface area contributed by atoms with Crippen LogP contribution in [0.25, 0.3) is 0 Å². The third-order valence-electron chi connectivity index (χ3n) is 3.68. The number of para-hydroxylation sites is 1. The Kier molecular flexibility index (Phi) is 3.17. The van der Waals surface area contributed by atoms with E-state index in [9.17, 15) is 4.79 Å². The number of amides is 1. The molecule has 1 aromatic rings. The maximum absolute atomic E-state index is 11.2. The number of ether oxygens (including phenoxy) is 1. The second kappa shape index (κ2) is 4.49. The van der Waals surface area contributed by atoms with E-state index in [4.69, 9.17) is 16.2 Å². The van der Waals surface area contributed by atoms with Gasteiger partial charge in [-0.3, -0.25) is 4.79 Å². The average Bonchev–Trinajstić information content (AvgIpc) is 2.62. The molecule has 1 heterocycles. The van der Waals surface area contributed by atoms with Gasteiger partial charge in [0.15, 0.2) is 0 Å². The number of rotatable bonds is 3. The van der Waals surface area contributed by atoms with Crippen molar-refractivity contribution in [1.29, 1.82) is 0 Å². The zero-order valence-corrected chi connectivity index (χ0v) is 10.7. The molecule has 5 heteroatoms. The molecule has 5 nitrogen and oxygen atoms in total. The van der Waals surface area contributed by atoms with Crippen LogP contribution >= 0.6 is 0 Å². The van der Waals surface area contributed by atoms with Crippen molar-refractivity contribution in [2.45, 2.75) is 31.9 Å². The van der Waals surface area contributed by atoms with E-state index in [-0.39, 0.29) is 11.6 Å². The molecule has 0 aliphatic carbocycles. The van der Waals surface area contributed by atoms with E-state index < -0.39 is 5.91 Å². The number of benzene rings is 1. The van der Waals surface area contributed by atoms with Crippen molar-refractivity contribution in [3.63, 3.8) is 0 Å². The monoisotopic (exact) mass is 249 g/mol. The zero-order chi connectivity index (χ0) is 13.3. The van der Waals surface area contributed by atoms with E-state index in [1.807, 2.05) is 13.0 Å². The van der Waals surface area contributed by atoms with Gasteiger partial charge in [-0.2, -0.15) is 0 Å². The van der Waals surface area contributed by atoms with Gasteiger partial charge >= 0.3 is 0 Å². The highest BCUT2D eigenvalue weighted by molar-refractivity contribution is 6.00. The Labute approximate surface area is 106 Å². The van der Waals surface area contributed by atoms with Crippen molar-refractivity contribution in [2.75, 3.05) is 17.7 Å². The quantitative estimate of drug-likeness (QED) is 0.705. The van der Waals surface area contributed by atoms with Crippen LogP contribution in [-0.4, -0.2) is 24.2 Å². The van der Waals surface area contributed by atoms with Gasteiger partial charge in [0.1, 0.15) is 0 Å². The minimum Gasteiger partial charge on any atom is -0.396 e. The third-order valence-corrected chi connectivity index (χ3v) is 3.68. The van der Waals surface area contributed by atoms with Gasteiger partial charge in [0, 0.05) is 6.61 Å². The second-order valence-electron chi connectivity index (χ2n) is 4.94. The molecular formula is C13H19N3O2. The summed E-state index contributed by atoms with van der Waals surface area (Å²) in [5, 5.41) is 3.37. The number of primary amides is 1. The van der Waals surface area contributed by atoms with E-state index in [2.05, 4.69) is 12.2 Å². The number of hydrogen-bond donors (Lipinski definition) is 3. The Hall–Kier alpha value is -1.75. The maximum Gasteiger partial charge on any atom is 0.250 e. The van der Waals surface area contributed by atoms with Gasteiger partial charge in [-0.25, -0.2) is 0 Å². The lowest BCUT2D eigenvalue weighted by molar-refractivity contribution is 0.100. The number of nitrogens with one attached hydrogen (secondary N) is 1. The first-order valence-electron chi connectivity index (χ1n) is 6.02. The summed E-state index contributed by atoms with van der Waals surface area (Å²) in [5.74, 6) is -0.517. The Morgan fingerprint density at radius 3 is 2.83 bits per heavy atom. The van der Waals surface area contributed by atoms with Crippen LogP contribution in [0.5, 0.6) is 0 Å². The van der Waals surface area contributed by atoms with E-state index in [1.165, 1.54) is 0 Å².